The van der Waals surface area contributed by atoms with E-state index in [0.717, 1.165) is 85.9 Å². The summed E-state index contributed by atoms with van der Waals surface area (Å²) in [5.74, 6) is 0. The average Bonchev–Trinajstić information content (AvgIpc) is 3.11. The quantitative estimate of drug-likeness (QED) is 0.0774. The average molecular weight is 614 g/mol. The van der Waals surface area contributed by atoms with Gasteiger partial charge in [0.2, 0.25) is 0 Å². The molecule has 5 rings (SSSR count). The Morgan fingerprint density at radius 2 is 1.55 bits per heavy atom. The number of nitrogens with zero attached hydrogens (tertiary/aromatic N) is 1. The first-order valence-corrected chi connectivity index (χ1v) is 16.2. The van der Waals surface area contributed by atoms with Gasteiger partial charge in [0.1, 0.15) is 0 Å². The van der Waals surface area contributed by atoms with Gasteiger partial charge in [-0.25, -0.2) is 0 Å². The molecule has 0 aromatic heterocycles. The Labute approximate surface area is 279 Å². The third kappa shape index (κ3) is 7.65. The molecule has 2 N–H and O–H groups in total. The predicted octanol–water partition coefficient (Wildman–Crippen LogP) is 12.0. The molecule has 0 heterocycles. The molecule has 0 aliphatic rings. The van der Waals surface area contributed by atoms with Crippen molar-refractivity contribution in [3.63, 3.8) is 0 Å². The highest BCUT2D eigenvalue weighted by molar-refractivity contribution is 6.18. The molecule has 0 saturated heterocycles. The summed E-state index contributed by atoms with van der Waals surface area (Å²) >= 11 is 0. The van der Waals surface area contributed by atoms with Crippen LogP contribution >= 0.6 is 0 Å². The molecule has 0 atom stereocenters. The van der Waals surface area contributed by atoms with Crippen LogP contribution in [0, 0.1) is 5.41 Å². The van der Waals surface area contributed by atoms with Gasteiger partial charge in [0, 0.05) is 30.1 Å². The first-order valence-electron chi connectivity index (χ1n) is 16.2. The molecule has 0 amide bonds. The summed E-state index contributed by atoms with van der Waals surface area (Å²) in [6, 6.07) is 34.5. The first-order chi connectivity index (χ1) is 23.0. The molecule has 5 aromatic carbocycles. The van der Waals surface area contributed by atoms with Crippen LogP contribution in [0.25, 0.3) is 49.4 Å². The summed E-state index contributed by atoms with van der Waals surface area (Å²) in [4.78, 5) is 4.56. The largest absolute Gasteiger partial charge is 0.385 e. The lowest BCUT2D eigenvalue weighted by Gasteiger charge is -2.17. The molecule has 0 unspecified atom stereocenters. The highest BCUT2D eigenvalue weighted by atomic mass is 14.9. The van der Waals surface area contributed by atoms with Crippen LogP contribution in [0.1, 0.15) is 39.2 Å². The topological polar surface area (TPSA) is 48.2 Å². The molecule has 5 aromatic rings. The van der Waals surface area contributed by atoms with Crippen LogP contribution < -0.4 is 5.32 Å². The van der Waals surface area contributed by atoms with Crippen molar-refractivity contribution >= 4 is 45.2 Å². The maximum Gasteiger partial charge on any atom is 0.0715 e. The second-order valence-electron chi connectivity index (χ2n) is 11.7. The number of fused-ring (bicyclic) bond motifs is 3. The van der Waals surface area contributed by atoms with Crippen molar-refractivity contribution in [3.05, 3.63) is 157 Å². The lowest BCUT2D eigenvalue weighted by molar-refractivity contribution is 0.767. The predicted molar refractivity (Wildman–Crippen MR) is 207 cm³/mol. The van der Waals surface area contributed by atoms with Crippen LogP contribution in [0.2, 0.25) is 0 Å². The number of rotatable bonds is 13. The number of hydrogen-bond acceptors (Lipinski definition) is 3. The highest BCUT2D eigenvalue weighted by Crippen LogP contribution is 2.37. The van der Waals surface area contributed by atoms with E-state index in [1.54, 1.807) is 0 Å². The van der Waals surface area contributed by atoms with E-state index in [9.17, 15) is 0 Å². The Morgan fingerprint density at radius 1 is 0.830 bits per heavy atom. The Morgan fingerprint density at radius 3 is 2.28 bits per heavy atom. The van der Waals surface area contributed by atoms with Gasteiger partial charge in [0.25, 0.3) is 0 Å². The molecule has 3 nitrogen and oxygen atoms in total. The number of benzene rings is 5. The van der Waals surface area contributed by atoms with Crippen molar-refractivity contribution in [1.82, 2.24) is 5.32 Å². The van der Waals surface area contributed by atoms with Crippen molar-refractivity contribution in [2.24, 2.45) is 4.99 Å². The van der Waals surface area contributed by atoms with Crippen LogP contribution in [0.3, 0.4) is 0 Å². The van der Waals surface area contributed by atoms with Gasteiger partial charge in [-0.15, -0.1) is 0 Å². The molecule has 234 valence electrons. The second kappa shape index (κ2) is 15.6. The van der Waals surface area contributed by atoms with Crippen molar-refractivity contribution in [3.8, 4) is 22.3 Å². The van der Waals surface area contributed by atoms with Gasteiger partial charge in [-0.05, 0) is 112 Å². The lowest BCUT2D eigenvalue weighted by Crippen LogP contribution is -2.17. The van der Waals surface area contributed by atoms with Crippen LogP contribution in [0.5, 0.6) is 0 Å². The van der Waals surface area contributed by atoms with Gasteiger partial charge in [-0.2, -0.15) is 0 Å². The number of hydrogen-bond donors (Lipinski definition) is 2. The zero-order valence-corrected chi connectivity index (χ0v) is 27.7. The Bertz CT molecular complexity index is 2070. The Kier molecular flexibility index (Phi) is 10.9. The van der Waals surface area contributed by atoms with Crippen LogP contribution in [0.4, 0.5) is 5.69 Å². The fourth-order valence-corrected chi connectivity index (χ4v) is 6.04. The smallest absolute Gasteiger partial charge is 0.0715 e. The number of nitrogens with one attached hydrogen (secondary N) is 2. The van der Waals surface area contributed by atoms with E-state index >= 15 is 0 Å². The van der Waals surface area contributed by atoms with Crippen LogP contribution in [0.15, 0.2) is 156 Å². The fraction of sp³-hybridized carbons (Fsp3) is 0.136. The SMILES string of the molecule is C=C\C=C/C(=C\C)C(/NCCC)=C(/C)CC(=C)c1cccc(-c2cccc(-c3ccc4c(N=CC=N)cc5ccccc5c4c3)c2)c1. The molecule has 0 aliphatic carbocycles. The van der Waals surface area contributed by atoms with E-state index in [0.29, 0.717) is 0 Å². The summed E-state index contributed by atoms with van der Waals surface area (Å²) in [5.41, 5.74) is 11.3. The molecule has 0 saturated carbocycles. The van der Waals surface area contributed by atoms with Gasteiger partial charge >= 0.3 is 0 Å². The zero-order valence-electron chi connectivity index (χ0n) is 27.7. The van der Waals surface area contributed by atoms with E-state index in [1.807, 2.05) is 12.2 Å². The standard InChI is InChI=1S/C44H43N3/c1-6-9-14-33(8-3)44(47-24-7-2)32(5)26-31(4)34-16-12-17-35(27-34)36-18-13-19-37(28-36)38-21-22-41-42(29-38)40-20-11-10-15-39(40)30-43(41)46-25-23-45/h6,8-23,25,27-30,45,47H,1,4,7,24,26H2,2-3,5H3/b14-9-,33-8+,44-32+,45-23?,46-25?. The van der Waals surface area contributed by atoms with Gasteiger partial charge in [-0.3, -0.25) is 4.99 Å². The van der Waals surface area contributed by atoms with Crippen molar-refractivity contribution < 1.29 is 0 Å². The maximum absolute atomic E-state index is 7.42. The fourth-order valence-electron chi connectivity index (χ4n) is 6.04. The van der Waals surface area contributed by atoms with E-state index in [2.05, 4.69) is 153 Å². The normalized spacial score (nSPS) is 12.5. The summed E-state index contributed by atoms with van der Waals surface area (Å²) in [6.45, 7) is 15.7. The first kappa shape index (κ1) is 32.8. The molecule has 0 bridgehead atoms. The molecule has 0 spiro atoms. The molecule has 47 heavy (non-hydrogen) atoms. The minimum absolute atomic E-state index is 0.770. The number of aliphatic imine (C=N–C) groups is 1. The summed E-state index contributed by atoms with van der Waals surface area (Å²) in [6.07, 6.45) is 12.6. The molecule has 0 fully saturated rings. The Hall–Kier alpha value is -5.54. The summed E-state index contributed by atoms with van der Waals surface area (Å²) in [5, 5.41) is 15.6. The van der Waals surface area contributed by atoms with Crippen molar-refractivity contribution in [2.45, 2.75) is 33.6 Å². The van der Waals surface area contributed by atoms with Gasteiger partial charge < -0.3 is 10.7 Å². The highest BCUT2D eigenvalue weighted by Gasteiger charge is 2.11. The summed E-state index contributed by atoms with van der Waals surface area (Å²) < 4.78 is 0. The van der Waals surface area contributed by atoms with Gasteiger partial charge in [-0.1, -0.05) is 117 Å². The maximum atomic E-state index is 7.42. The lowest BCUT2D eigenvalue weighted by atomic mass is 9.92. The van der Waals surface area contributed by atoms with Crippen LogP contribution in [-0.2, 0) is 0 Å². The molecule has 0 aliphatic heterocycles. The molecular formula is C44H43N3. The van der Waals surface area contributed by atoms with Gasteiger partial charge in [0.15, 0.2) is 0 Å². The minimum Gasteiger partial charge on any atom is -0.385 e. The van der Waals surface area contributed by atoms with Gasteiger partial charge in [0.05, 0.1) is 5.69 Å². The monoisotopic (exact) mass is 613 g/mol. The van der Waals surface area contributed by atoms with Crippen LogP contribution in [-0.4, -0.2) is 19.0 Å². The third-order valence-electron chi connectivity index (χ3n) is 8.40. The van der Waals surface area contributed by atoms with E-state index < -0.39 is 0 Å². The van der Waals surface area contributed by atoms with E-state index in [1.165, 1.54) is 23.4 Å². The van der Waals surface area contributed by atoms with Crippen molar-refractivity contribution in [1.29, 1.82) is 5.41 Å². The van der Waals surface area contributed by atoms with E-state index in [-0.39, 0.29) is 0 Å². The Balaban J connectivity index is 1.48. The zero-order chi connectivity index (χ0) is 33.2. The third-order valence-corrected chi connectivity index (χ3v) is 8.40. The minimum atomic E-state index is 0.770. The molecule has 0 radical (unpaired) electrons. The second-order valence-corrected chi connectivity index (χ2v) is 11.7. The number of allylic oxidation sites excluding steroid dienone is 6. The summed E-state index contributed by atoms with van der Waals surface area (Å²) in [7, 11) is 0. The van der Waals surface area contributed by atoms with E-state index in [4.69, 9.17) is 5.41 Å². The van der Waals surface area contributed by atoms with Crippen molar-refractivity contribution in [2.75, 3.05) is 6.54 Å². The molecule has 3 heteroatoms. The molecular weight excluding hydrogens is 571 g/mol.